The first kappa shape index (κ1) is 17.3. The van der Waals surface area contributed by atoms with Gasteiger partial charge in [0.15, 0.2) is 5.76 Å². The Kier molecular flexibility index (Phi) is 4.49. The number of halogens is 1. The van der Waals surface area contributed by atoms with E-state index in [2.05, 4.69) is 81.0 Å². The van der Waals surface area contributed by atoms with Gasteiger partial charge in [-0.15, -0.1) is 0 Å². The van der Waals surface area contributed by atoms with Crippen LogP contribution < -0.4 is 5.32 Å². The highest BCUT2D eigenvalue weighted by atomic mass is 79.9. The molecule has 0 saturated heterocycles. The fourth-order valence-corrected chi connectivity index (χ4v) is 4.12. The van der Waals surface area contributed by atoms with E-state index in [0.29, 0.717) is 0 Å². The van der Waals surface area contributed by atoms with E-state index in [4.69, 9.17) is 4.52 Å². The van der Waals surface area contributed by atoms with Crippen LogP contribution in [0.25, 0.3) is 22.6 Å². The van der Waals surface area contributed by atoms with Crippen molar-refractivity contribution in [3.63, 3.8) is 0 Å². The number of hydrogen-bond acceptors (Lipinski definition) is 3. The summed E-state index contributed by atoms with van der Waals surface area (Å²) >= 11 is 3.50. The minimum atomic E-state index is 0.220. The van der Waals surface area contributed by atoms with Gasteiger partial charge in [0.25, 0.3) is 0 Å². The van der Waals surface area contributed by atoms with Crippen LogP contribution in [-0.2, 0) is 6.42 Å². The van der Waals surface area contributed by atoms with Gasteiger partial charge in [-0.05, 0) is 48.2 Å². The second kappa shape index (κ2) is 7.28. The molecule has 0 fully saturated rings. The Balaban J connectivity index is 1.52. The number of benzene rings is 3. The summed E-state index contributed by atoms with van der Waals surface area (Å²) in [7, 11) is 0. The van der Waals surface area contributed by atoms with E-state index in [1.54, 1.807) is 0 Å². The summed E-state index contributed by atoms with van der Waals surface area (Å²) in [4.78, 5) is 0. The molecule has 5 rings (SSSR count). The monoisotopic (exact) mass is 430 g/mol. The number of nitrogens with one attached hydrogen (secondary N) is 1. The SMILES string of the molecule is Brc1ccc(-c2onc3c2NC(CCc2ccccc2)c2ccccc2-3)cc1. The van der Waals surface area contributed by atoms with Crippen molar-refractivity contribution in [2.75, 3.05) is 5.32 Å². The van der Waals surface area contributed by atoms with E-state index in [1.807, 2.05) is 24.3 Å². The average Bonchev–Trinajstić information content (AvgIpc) is 3.17. The molecular weight excluding hydrogens is 412 g/mol. The average molecular weight is 431 g/mol. The maximum Gasteiger partial charge on any atom is 0.190 e. The van der Waals surface area contributed by atoms with Crippen molar-refractivity contribution in [3.8, 4) is 22.6 Å². The van der Waals surface area contributed by atoms with Gasteiger partial charge in [0.2, 0.25) is 0 Å². The quantitative estimate of drug-likeness (QED) is 0.383. The molecule has 1 atom stereocenters. The number of nitrogens with zero attached hydrogens (tertiary/aromatic N) is 1. The number of hydrogen-bond donors (Lipinski definition) is 1. The summed E-state index contributed by atoms with van der Waals surface area (Å²) in [5, 5.41) is 8.12. The van der Waals surface area contributed by atoms with Crippen LogP contribution in [0.4, 0.5) is 5.69 Å². The summed E-state index contributed by atoms with van der Waals surface area (Å²) in [5.41, 5.74) is 6.68. The van der Waals surface area contributed by atoms with Gasteiger partial charge in [-0.1, -0.05) is 75.7 Å². The summed E-state index contributed by atoms with van der Waals surface area (Å²) < 4.78 is 6.83. The zero-order valence-electron chi connectivity index (χ0n) is 15.2. The molecule has 28 heavy (non-hydrogen) atoms. The Bertz CT molecular complexity index is 1100. The van der Waals surface area contributed by atoms with Crippen molar-refractivity contribution < 1.29 is 4.52 Å². The van der Waals surface area contributed by atoms with Crippen LogP contribution >= 0.6 is 15.9 Å². The number of fused-ring (bicyclic) bond motifs is 3. The van der Waals surface area contributed by atoms with Crippen LogP contribution in [0.2, 0.25) is 0 Å². The normalized spacial score (nSPS) is 14.8. The summed E-state index contributed by atoms with van der Waals surface area (Å²) in [6, 6.07) is 27.5. The highest BCUT2D eigenvalue weighted by Gasteiger charge is 2.30. The van der Waals surface area contributed by atoms with Crippen molar-refractivity contribution >= 4 is 21.6 Å². The largest absolute Gasteiger partial charge is 0.373 e. The first-order valence-corrected chi connectivity index (χ1v) is 10.2. The van der Waals surface area contributed by atoms with Crippen molar-refractivity contribution in [1.82, 2.24) is 5.16 Å². The van der Waals surface area contributed by atoms with Crippen LogP contribution in [0.1, 0.15) is 23.6 Å². The first-order valence-electron chi connectivity index (χ1n) is 9.45. The molecule has 3 nitrogen and oxygen atoms in total. The number of aromatic nitrogens is 1. The molecule has 138 valence electrons. The predicted molar refractivity (Wildman–Crippen MR) is 116 cm³/mol. The maximum atomic E-state index is 5.78. The van der Waals surface area contributed by atoms with Crippen molar-refractivity contribution in [2.45, 2.75) is 18.9 Å². The molecule has 0 saturated carbocycles. The molecule has 4 heteroatoms. The summed E-state index contributed by atoms with van der Waals surface area (Å²) in [5.74, 6) is 0.793. The van der Waals surface area contributed by atoms with Gasteiger partial charge < -0.3 is 9.84 Å². The Morgan fingerprint density at radius 1 is 0.893 bits per heavy atom. The van der Waals surface area contributed by atoms with Crippen LogP contribution in [-0.4, -0.2) is 5.16 Å². The van der Waals surface area contributed by atoms with Crippen molar-refractivity contribution in [2.24, 2.45) is 0 Å². The lowest BCUT2D eigenvalue weighted by Crippen LogP contribution is -2.17. The molecule has 1 N–H and O–H groups in total. The van der Waals surface area contributed by atoms with Gasteiger partial charge in [-0.2, -0.15) is 0 Å². The third kappa shape index (κ3) is 3.14. The van der Waals surface area contributed by atoms with E-state index < -0.39 is 0 Å². The van der Waals surface area contributed by atoms with Gasteiger partial charge in [0, 0.05) is 15.6 Å². The molecular formula is C24H19BrN2O. The molecule has 4 aromatic rings. The van der Waals surface area contributed by atoms with Gasteiger partial charge in [0.05, 0.1) is 6.04 Å². The molecule has 1 aliphatic rings. The highest BCUT2D eigenvalue weighted by Crippen LogP contribution is 2.46. The van der Waals surface area contributed by atoms with Gasteiger partial charge in [-0.25, -0.2) is 0 Å². The third-order valence-corrected chi connectivity index (χ3v) is 5.80. The van der Waals surface area contributed by atoms with E-state index in [1.165, 1.54) is 11.1 Å². The van der Waals surface area contributed by atoms with Crippen LogP contribution in [0.5, 0.6) is 0 Å². The van der Waals surface area contributed by atoms with E-state index in [9.17, 15) is 0 Å². The van der Waals surface area contributed by atoms with E-state index >= 15 is 0 Å². The second-order valence-corrected chi connectivity index (χ2v) is 7.97. The van der Waals surface area contributed by atoms with E-state index in [0.717, 1.165) is 45.6 Å². The molecule has 0 bridgehead atoms. The van der Waals surface area contributed by atoms with E-state index in [-0.39, 0.29) is 6.04 Å². The lowest BCUT2D eigenvalue weighted by atomic mass is 9.89. The standard InChI is InChI=1S/C24H19BrN2O/c25-18-13-11-17(12-14-18)24-23-22(27-28-24)20-9-5-4-8-19(20)21(26-23)15-10-16-6-2-1-3-7-16/h1-9,11-14,21,26H,10,15H2. The zero-order valence-corrected chi connectivity index (χ0v) is 16.8. The molecule has 3 aromatic carbocycles. The fraction of sp³-hybridized carbons (Fsp3) is 0.125. The van der Waals surface area contributed by atoms with Gasteiger partial charge >= 0.3 is 0 Å². The Hall–Kier alpha value is -2.85. The molecule has 1 aromatic heterocycles. The smallest absolute Gasteiger partial charge is 0.190 e. The molecule has 1 aliphatic heterocycles. The second-order valence-electron chi connectivity index (χ2n) is 7.05. The number of aryl methyl sites for hydroxylation is 1. The molecule has 0 amide bonds. The van der Waals surface area contributed by atoms with Crippen LogP contribution in [0.15, 0.2) is 87.9 Å². The minimum absolute atomic E-state index is 0.220. The Morgan fingerprint density at radius 3 is 2.46 bits per heavy atom. The molecule has 0 aliphatic carbocycles. The molecule has 1 unspecified atom stereocenters. The third-order valence-electron chi connectivity index (χ3n) is 5.27. The lowest BCUT2D eigenvalue weighted by Gasteiger charge is -2.27. The number of rotatable bonds is 4. The number of anilines is 1. The summed E-state index contributed by atoms with van der Waals surface area (Å²) in [6.45, 7) is 0. The maximum absolute atomic E-state index is 5.78. The van der Waals surface area contributed by atoms with Crippen LogP contribution in [0.3, 0.4) is 0 Å². The fourth-order valence-electron chi connectivity index (χ4n) is 3.86. The first-order chi connectivity index (χ1) is 13.8. The van der Waals surface area contributed by atoms with Crippen molar-refractivity contribution in [1.29, 1.82) is 0 Å². The zero-order chi connectivity index (χ0) is 18.9. The predicted octanol–water partition coefficient (Wildman–Crippen LogP) is 6.87. The van der Waals surface area contributed by atoms with Crippen LogP contribution in [0, 0.1) is 0 Å². The highest BCUT2D eigenvalue weighted by molar-refractivity contribution is 9.10. The minimum Gasteiger partial charge on any atom is -0.373 e. The Labute approximate surface area is 172 Å². The topological polar surface area (TPSA) is 38.1 Å². The van der Waals surface area contributed by atoms with Gasteiger partial charge in [-0.3, -0.25) is 0 Å². The molecule has 0 radical (unpaired) electrons. The molecule has 0 spiro atoms. The summed E-state index contributed by atoms with van der Waals surface area (Å²) in [6.07, 6.45) is 2.02. The van der Waals surface area contributed by atoms with Crippen molar-refractivity contribution in [3.05, 3.63) is 94.5 Å². The Morgan fingerprint density at radius 2 is 1.64 bits per heavy atom. The van der Waals surface area contributed by atoms with Gasteiger partial charge in [0.1, 0.15) is 11.4 Å². The lowest BCUT2D eigenvalue weighted by molar-refractivity contribution is 0.435. The molecule has 2 heterocycles.